The molecule has 0 saturated carbocycles. The minimum absolute atomic E-state index is 0.716. The Morgan fingerprint density at radius 2 is 1.44 bits per heavy atom. The average Bonchev–Trinajstić information content (AvgIpc) is 3.07. The molecule has 0 amide bonds. The van der Waals surface area contributed by atoms with Gasteiger partial charge in [-0.05, 0) is 17.7 Å². The summed E-state index contributed by atoms with van der Waals surface area (Å²) in [5, 5.41) is 0.746. The Morgan fingerprint density at radius 3 is 2.12 bits per heavy atom. The molecule has 3 aromatic carbocycles. The van der Waals surface area contributed by atoms with Gasteiger partial charge in [0, 0.05) is 22.6 Å². The van der Waals surface area contributed by atoms with E-state index < -0.39 is 0 Å². The number of hydrogen-bond acceptors (Lipinski definition) is 1. The van der Waals surface area contributed by atoms with Gasteiger partial charge in [0.1, 0.15) is 5.82 Å². The summed E-state index contributed by atoms with van der Waals surface area (Å²) in [6.07, 6.45) is 0.716. The third-order valence-corrected chi connectivity index (χ3v) is 4.36. The molecule has 122 valence electrons. The lowest BCUT2D eigenvalue weighted by atomic mass is 10.1. The van der Waals surface area contributed by atoms with Crippen molar-refractivity contribution in [3.05, 3.63) is 101 Å². The summed E-state index contributed by atoms with van der Waals surface area (Å²) in [4.78, 5) is 8.39. The second kappa shape index (κ2) is 6.96. The van der Waals surface area contributed by atoms with Gasteiger partial charge in [-0.15, -0.1) is 0 Å². The molecule has 25 heavy (non-hydrogen) atoms. The molecule has 1 heterocycles. The third kappa shape index (κ3) is 3.49. The number of nitrogens with one attached hydrogen (secondary N) is 1. The normalized spacial score (nSPS) is 10.8. The van der Waals surface area contributed by atoms with E-state index in [1.807, 2.05) is 54.6 Å². The number of aromatic nitrogens is 2. The summed E-state index contributed by atoms with van der Waals surface area (Å²) in [5.74, 6) is 0.931. The van der Waals surface area contributed by atoms with Gasteiger partial charge in [-0.2, -0.15) is 0 Å². The highest BCUT2D eigenvalue weighted by molar-refractivity contribution is 6.30. The molecule has 4 rings (SSSR count). The van der Waals surface area contributed by atoms with Crippen molar-refractivity contribution in [1.82, 2.24) is 9.97 Å². The first-order chi connectivity index (χ1) is 12.3. The number of H-pyrrole nitrogens is 1. The van der Waals surface area contributed by atoms with Crippen molar-refractivity contribution in [3.8, 4) is 22.5 Å². The lowest BCUT2D eigenvalue weighted by molar-refractivity contribution is 1.03. The van der Waals surface area contributed by atoms with Crippen molar-refractivity contribution in [1.29, 1.82) is 0 Å². The van der Waals surface area contributed by atoms with Crippen LogP contribution in [0.15, 0.2) is 84.9 Å². The van der Waals surface area contributed by atoms with Gasteiger partial charge in [0.25, 0.3) is 0 Å². The maximum atomic E-state index is 6.11. The van der Waals surface area contributed by atoms with Crippen LogP contribution in [0.4, 0.5) is 0 Å². The molecule has 0 aliphatic carbocycles. The minimum Gasteiger partial charge on any atom is -0.341 e. The first-order valence-corrected chi connectivity index (χ1v) is 8.61. The van der Waals surface area contributed by atoms with Crippen LogP contribution in [0.5, 0.6) is 0 Å². The minimum atomic E-state index is 0.716. The van der Waals surface area contributed by atoms with Crippen LogP contribution in [-0.2, 0) is 6.42 Å². The van der Waals surface area contributed by atoms with E-state index in [0.717, 1.165) is 38.9 Å². The van der Waals surface area contributed by atoms with Crippen LogP contribution in [0.25, 0.3) is 22.5 Å². The van der Waals surface area contributed by atoms with Crippen LogP contribution in [0.1, 0.15) is 11.4 Å². The largest absolute Gasteiger partial charge is 0.341 e. The molecule has 1 aromatic heterocycles. The SMILES string of the molecule is Clc1cccc(Cc2nc(-c3ccccc3)c(-c3ccccc3)[nH]2)c1. The molecule has 0 aliphatic heterocycles. The zero-order chi connectivity index (χ0) is 17.1. The zero-order valence-electron chi connectivity index (χ0n) is 13.6. The van der Waals surface area contributed by atoms with Gasteiger partial charge < -0.3 is 4.98 Å². The Balaban J connectivity index is 1.78. The molecule has 0 atom stereocenters. The number of hydrogen-bond donors (Lipinski definition) is 1. The van der Waals surface area contributed by atoms with Crippen LogP contribution >= 0.6 is 11.6 Å². The maximum Gasteiger partial charge on any atom is 0.111 e. The number of imidazole rings is 1. The van der Waals surface area contributed by atoms with Gasteiger partial charge in [0.05, 0.1) is 11.4 Å². The highest BCUT2D eigenvalue weighted by Crippen LogP contribution is 2.30. The van der Waals surface area contributed by atoms with E-state index >= 15 is 0 Å². The third-order valence-electron chi connectivity index (χ3n) is 4.12. The molecule has 4 aromatic rings. The monoisotopic (exact) mass is 344 g/mol. The molecule has 0 unspecified atom stereocenters. The highest BCUT2D eigenvalue weighted by Gasteiger charge is 2.14. The van der Waals surface area contributed by atoms with E-state index in [2.05, 4.69) is 35.3 Å². The predicted octanol–water partition coefficient (Wildman–Crippen LogP) is 5.99. The van der Waals surface area contributed by atoms with Crippen LogP contribution in [0.2, 0.25) is 5.02 Å². The van der Waals surface area contributed by atoms with E-state index in [0.29, 0.717) is 6.42 Å². The molecule has 0 bridgehead atoms. The van der Waals surface area contributed by atoms with Crippen LogP contribution in [0.3, 0.4) is 0 Å². The first kappa shape index (κ1) is 15.7. The van der Waals surface area contributed by atoms with Crippen molar-refractivity contribution < 1.29 is 0 Å². The van der Waals surface area contributed by atoms with Gasteiger partial charge in [-0.1, -0.05) is 84.4 Å². The molecule has 2 nitrogen and oxygen atoms in total. The molecule has 3 heteroatoms. The van der Waals surface area contributed by atoms with E-state index in [1.165, 1.54) is 0 Å². The molecular formula is C22H17ClN2. The summed E-state index contributed by atoms with van der Waals surface area (Å²) >= 11 is 6.11. The molecule has 1 N–H and O–H groups in total. The van der Waals surface area contributed by atoms with E-state index in [9.17, 15) is 0 Å². The average molecular weight is 345 g/mol. The first-order valence-electron chi connectivity index (χ1n) is 8.24. The maximum absolute atomic E-state index is 6.11. The summed E-state index contributed by atoms with van der Waals surface area (Å²) in [6, 6.07) is 28.5. The van der Waals surface area contributed by atoms with E-state index in [-0.39, 0.29) is 0 Å². The van der Waals surface area contributed by atoms with Gasteiger partial charge in [0.15, 0.2) is 0 Å². The lowest BCUT2D eigenvalue weighted by Crippen LogP contribution is -1.90. The van der Waals surface area contributed by atoms with Crippen LogP contribution in [-0.4, -0.2) is 9.97 Å². The van der Waals surface area contributed by atoms with Gasteiger partial charge in [-0.25, -0.2) is 4.98 Å². The number of aromatic amines is 1. The van der Waals surface area contributed by atoms with Crippen molar-refractivity contribution >= 4 is 11.6 Å². The molecular weight excluding hydrogens is 328 g/mol. The number of benzene rings is 3. The predicted molar refractivity (Wildman–Crippen MR) is 104 cm³/mol. The number of halogens is 1. The Labute approximate surface area is 152 Å². The van der Waals surface area contributed by atoms with Crippen molar-refractivity contribution in [3.63, 3.8) is 0 Å². The lowest BCUT2D eigenvalue weighted by Gasteiger charge is -2.02. The number of nitrogens with zero attached hydrogens (tertiary/aromatic N) is 1. The molecule has 0 aliphatic rings. The second-order valence-corrected chi connectivity index (χ2v) is 6.38. The summed E-state index contributed by atoms with van der Waals surface area (Å²) < 4.78 is 0. The highest BCUT2D eigenvalue weighted by atomic mass is 35.5. The van der Waals surface area contributed by atoms with Crippen molar-refractivity contribution in [2.45, 2.75) is 6.42 Å². The molecule has 0 saturated heterocycles. The Bertz CT molecular complexity index is 918. The quantitative estimate of drug-likeness (QED) is 0.484. The Hall–Kier alpha value is -2.84. The van der Waals surface area contributed by atoms with Crippen LogP contribution in [0, 0.1) is 0 Å². The van der Waals surface area contributed by atoms with Crippen molar-refractivity contribution in [2.75, 3.05) is 0 Å². The molecule has 0 spiro atoms. The van der Waals surface area contributed by atoms with E-state index in [4.69, 9.17) is 16.6 Å². The fourth-order valence-electron chi connectivity index (χ4n) is 2.96. The molecule has 0 radical (unpaired) electrons. The fourth-order valence-corrected chi connectivity index (χ4v) is 3.18. The Kier molecular flexibility index (Phi) is 4.36. The summed E-state index contributed by atoms with van der Waals surface area (Å²) in [6.45, 7) is 0. The molecule has 0 fully saturated rings. The smallest absolute Gasteiger partial charge is 0.111 e. The van der Waals surface area contributed by atoms with Crippen molar-refractivity contribution in [2.24, 2.45) is 0 Å². The summed E-state index contributed by atoms with van der Waals surface area (Å²) in [7, 11) is 0. The van der Waals surface area contributed by atoms with Gasteiger partial charge in [-0.3, -0.25) is 0 Å². The second-order valence-electron chi connectivity index (χ2n) is 5.95. The Morgan fingerprint density at radius 1 is 0.760 bits per heavy atom. The van der Waals surface area contributed by atoms with Gasteiger partial charge in [0.2, 0.25) is 0 Å². The fraction of sp³-hybridized carbons (Fsp3) is 0.0455. The topological polar surface area (TPSA) is 28.7 Å². The standard InChI is InChI=1S/C22H17ClN2/c23-19-13-7-8-16(14-19)15-20-24-21(17-9-3-1-4-10-17)22(25-20)18-11-5-2-6-12-18/h1-14H,15H2,(H,24,25). The zero-order valence-corrected chi connectivity index (χ0v) is 14.4. The summed E-state index contributed by atoms with van der Waals surface area (Å²) in [5.41, 5.74) is 5.40. The van der Waals surface area contributed by atoms with Crippen LogP contribution < -0.4 is 0 Å². The van der Waals surface area contributed by atoms with Gasteiger partial charge >= 0.3 is 0 Å². The van der Waals surface area contributed by atoms with E-state index in [1.54, 1.807) is 0 Å². The number of rotatable bonds is 4.